The molecule has 1 atom stereocenters. The van der Waals surface area contributed by atoms with E-state index in [4.69, 9.17) is 0 Å². The van der Waals surface area contributed by atoms with Crippen LogP contribution in [0.15, 0.2) is 35.2 Å². The summed E-state index contributed by atoms with van der Waals surface area (Å²) >= 11 is 1.63. The largest absolute Gasteiger partial charge is 0.353 e. The van der Waals surface area contributed by atoms with Crippen LogP contribution < -0.4 is 5.32 Å². The quantitative estimate of drug-likeness (QED) is 0.693. The van der Waals surface area contributed by atoms with E-state index in [9.17, 15) is 4.79 Å². The van der Waals surface area contributed by atoms with Crippen LogP contribution >= 0.6 is 11.8 Å². The third-order valence-electron chi connectivity index (χ3n) is 1.78. The third kappa shape index (κ3) is 1.46. The number of rotatable bonds is 2. The van der Waals surface area contributed by atoms with Gasteiger partial charge in [0.25, 0.3) is 0 Å². The molecule has 1 aromatic carbocycles. The second kappa shape index (κ2) is 3.19. The number of β-lactam (4-membered cyclic amide) rings is 1. The molecule has 1 aromatic rings. The molecule has 12 heavy (non-hydrogen) atoms. The van der Waals surface area contributed by atoms with Crippen molar-refractivity contribution in [2.24, 2.45) is 0 Å². The molecule has 1 saturated heterocycles. The van der Waals surface area contributed by atoms with Gasteiger partial charge in [0, 0.05) is 11.4 Å². The van der Waals surface area contributed by atoms with E-state index in [1.807, 2.05) is 30.3 Å². The van der Waals surface area contributed by atoms with Crippen LogP contribution in [0.25, 0.3) is 0 Å². The van der Waals surface area contributed by atoms with Crippen molar-refractivity contribution >= 4 is 17.7 Å². The maximum atomic E-state index is 10.9. The minimum Gasteiger partial charge on any atom is -0.353 e. The lowest BCUT2D eigenvalue weighted by Crippen LogP contribution is -2.51. The first kappa shape index (κ1) is 7.68. The fourth-order valence-corrected chi connectivity index (χ4v) is 2.03. The summed E-state index contributed by atoms with van der Waals surface area (Å²) in [4.78, 5) is 12.1. The molecule has 1 fully saturated rings. The molecular weight excluding hydrogens is 170 g/mol. The van der Waals surface area contributed by atoms with Crippen LogP contribution in [0.4, 0.5) is 0 Å². The number of benzene rings is 1. The Morgan fingerprint density at radius 2 is 2.08 bits per heavy atom. The van der Waals surface area contributed by atoms with Crippen LogP contribution in [0, 0.1) is 0 Å². The van der Waals surface area contributed by atoms with E-state index in [2.05, 4.69) is 5.32 Å². The summed E-state index contributed by atoms with van der Waals surface area (Å²) in [5.41, 5.74) is 0. The van der Waals surface area contributed by atoms with Crippen LogP contribution in [0.3, 0.4) is 0 Å². The van der Waals surface area contributed by atoms with Gasteiger partial charge in [0.1, 0.15) is 5.25 Å². The van der Waals surface area contributed by atoms with Gasteiger partial charge in [-0.1, -0.05) is 18.2 Å². The molecule has 1 aliphatic heterocycles. The zero-order valence-corrected chi connectivity index (χ0v) is 7.30. The lowest BCUT2D eigenvalue weighted by atomic mass is 10.3. The van der Waals surface area contributed by atoms with Crippen molar-refractivity contribution in [3.63, 3.8) is 0 Å². The third-order valence-corrected chi connectivity index (χ3v) is 2.99. The van der Waals surface area contributed by atoms with Gasteiger partial charge in [0.15, 0.2) is 0 Å². The van der Waals surface area contributed by atoms with Crippen molar-refractivity contribution < 1.29 is 4.79 Å². The number of amides is 1. The monoisotopic (exact) mass is 179 g/mol. The summed E-state index contributed by atoms with van der Waals surface area (Å²) < 4.78 is 0. The van der Waals surface area contributed by atoms with Crippen LogP contribution in [0.5, 0.6) is 0 Å². The van der Waals surface area contributed by atoms with Gasteiger partial charge in [-0.3, -0.25) is 4.79 Å². The Kier molecular flexibility index (Phi) is 2.04. The minimum atomic E-state index is 0.132. The Balaban J connectivity index is 2.00. The van der Waals surface area contributed by atoms with Gasteiger partial charge in [-0.05, 0) is 12.1 Å². The van der Waals surface area contributed by atoms with Gasteiger partial charge in [-0.15, -0.1) is 11.8 Å². The Morgan fingerprint density at radius 3 is 2.58 bits per heavy atom. The highest BCUT2D eigenvalue weighted by atomic mass is 32.2. The molecule has 0 bridgehead atoms. The predicted octanol–water partition coefficient (Wildman–Crippen LogP) is 1.28. The molecule has 0 unspecified atom stereocenters. The van der Waals surface area contributed by atoms with E-state index in [-0.39, 0.29) is 11.2 Å². The molecule has 0 aromatic heterocycles. The first-order valence-electron chi connectivity index (χ1n) is 3.86. The summed E-state index contributed by atoms with van der Waals surface area (Å²) in [6.07, 6.45) is 0. The standard InChI is InChI=1S/C9H9NOS/c11-9-8(6-10-9)12-7-4-2-1-3-5-7/h1-5,8H,6H2,(H,10,11)/t8-/m1/s1. The van der Waals surface area contributed by atoms with Gasteiger partial charge in [-0.2, -0.15) is 0 Å². The molecule has 1 aliphatic rings. The van der Waals surface area contributed by atoms with Crippen molar-refractivity contribution in [1.29, 1.82) is 0 Å². The van der Waals surface area contributed by atoms with E-state index < -0.39 is 0 Å². The second-order valence-corrected chi connectivity index (χ2v) is 3.94. The molecule has 1 heterocycles. The summed E-state index contributed by atoms with van der Waals surface area (Å²) in [7, 11) is 0. The molecule has 0 aliphatic carbocycles. The fraction of sp³-hybridized carbons (Fsp3) is 0.222. The fourth-order valence-electron chi connectivity index (χ4n) is 1.03. The summed E-state index contributed by atoms with van der Waals surface area (Å²) in [5, 5.41) is 2.85. The Bertz CT molecular complexity index is 286. The molecule has 2 nitrogen and oxygen atoms in total. The number of carbonyl (C=O) groups is 1. The van der Waals surface area contributed by atoms with Crippen molar-refractivity contribution in [2.75, 3.05) is 6.54 Å². The van der Waals surface area contributed by atoms with Crippen molar-refractivity contribution in [3.05, 3.63) is 30.3 Å². The number of hydrogen-bond donors (Lipinski definition) is 1. The van der Waals surface area contributed by atoms with E-state index in [1.165, 1.54) is 0 Å². The van der Waals surface area contributed by atoms with Gasteiger partial charge in [0.05, 0.1) is 0 Å². The number of nitrogens with one attached hydrogen (secondary N) is 1. The van der Waals surface area contributed by atoms with Crippen LogP contribution in [0.1, 0.15) is 0 Å². The molecule has 0 spiro atoms. The van der Waals surface area contributed by atoms with Crippen LogP contribution in [-0.4, -0.2) is 17.7 Å². The highest BCUT2D eigenvalue weighted by Crippen LogP contribution is 2.25. The molecule has 62 valence electrons. The number of carbonyl (C=O) groups excluding carboxylic acids is 1. The molecule has 2 rings (SSSR count). The molecule has 1 N–H and O–H groups in total. The maximum Gasteiger partial charge on any atom is 0.235 e. The zero-order valence-electron chi connectivity index (χ0n) is 6.49. The topological polar surface area (TPSA) is 29.1 Å². The molecule has 1 amide bonds. The first-order chi connectivity index (χ1) is 5.86. The number of thioether (sulfide) groups is 1. The van der Waals surface area contributed by atoms with E-state index in [1.54, 1.807) is 11.8 Å². The SMILES string of the molecule is O=C1NC[C@H]1Sc1ccccc1. The van der Waals surface area contributed by atoms with E-state index in [0.717, 1.165) is 11.4 Å². The molecule has 3 heteroatoms. The van der Waals surface area contributed by atoms with Crippen molar-refractivity contribution in [3.8, 4) is 0 Å². The molecule has 0 radical (unpaired) electrons. The summed E-state index contributed by atoms with van der Waals surface area (Å²) in [5.74, 6) is 0.156. The van der Waals surface area contributed by atoms with Crippen LogP contribution in [-0.2, 0) is 4.79 Å². The first-order valence-corrected chi connectivity index (χ1v) is 4.73. The predicted molar refractivity (Wildman–Crippen MR) is 49.1 cm³/mol. The smallest absolute Gasteiger partial charge is 0.235 e. The second-order valence-electron chi connectivity index (χ2n) is 2.66. The maximum absolute atomic E-state index is 10.9. The van der Waals surface area contributed by atoms with Gasteiger partial charge in [0.2, 0.25) is 5.91 Å². The van der Waals surface area contributed by atoms with Crippen molar-refractivity contribution in [2.45, 2.75) is 10.1 Å². The zero-order chi connectivity index (χ0) is 8.39. The highest BCUT2D eigenvalue weighted by molar-refractivity contribution is 8.00. The van der Waals surface area contributed by atoms with E-state index >= 15 is 0 Å². The molecular formula is C9H9NOS. The Morgan fingerprint density at radius 1 is 1.33 bits per heavy atom. The van der Waals surface area contributed by atoms with E-state index in [0.29, 0.717) is 0 Å². The summed E-state index contributed by atoms with van der Waals surface area (Å²) in [6.45, 7) is 0.804. The summed E-state index contributed by atoms with van der Waals surface area (Å²) in [6, 6.07) is 10.00. The normalized spacial score (nSPS) is 21.3. The molecule has 0 saturated carbocycles. The Labute approximate surface area is 75.4 Å². The minimum absolute atomic E-state index is 0.132. The lowest BCUT2D eigenvalue weighted by Gasteiger charge is -2.24. The number of hydrogen-bond acceptors (Lipinski definition) is 2. The van der Waals surface area contributed by atoms with Crippen molar-refractivity contribution in [1.82, 2.24) is 5.32 Å². The average Bonchev–Trinajstić information content (AvgIpc) is 2.14. The van der Waals surface area contributed by atoms with Gasteiger partial charge >= 0.3 is 0 Å². The average molecular weight is 179 g/mol. The van der Waals surface area contributed by atoms with Gasteiger partial charge in [-0.25, -0.2) is 0 Å². The van der Waals surface area contributed by atoms with Gasteiger partial charge < -0.3 is 5.32 Å². The Hall–Kier alpha value is -0.960. The van der Waals surface area contributed by atoms with Crippen LogP contribution in [0.2, 0.25) is 0 Å². The lowest BCUT2D eigenvalue weighted by molar-refractivity contribution is -0.124. The highest BCUT2D eigenvalue weighted by Gasteiger charge is 2.28.